The molecule has 7 nitrogen and oxygen atoms in total. The van der Waals surface area contributed by atoms with Crippen LogP contribution in [-0.4, -0.2) is 59.3 Å². The molecule has 0 aromatic carbocycles. The van der Waals surface area contributed by atoms with Gasteiger partial charge in [-0.15, -0.1) is 0 Å². The van der Waals surface area contributed by atoms with Crippen LogP contribution in [-0.2, 0) is 11.2 Å². The van der Waals surface area contributed by atoms with Crippen molar-refractivity contribution in [1.29, 1.82) is 0 Å². The molecule has 0 spiro atoms. The van der Waals surface area contributed by atoms with Crippen molar-refractivity contribution in [1.82, 2.24) is 19.9 Å². The van der Waals surface area contributed by atoms with Gasteiger partial charge in [-0.25, -0.2) is 19.9 Å². The fraction of sp³-hybridized carbons (Fsp3) is 0.619. The number of anilines is 2. The summed E-state index contributed by atoms with van der Waals surface area (Å²) in [5, 5.41) is 0. The summed E-state index contributed by atoms with van der Waals surface area (Å²) in [4.78, 5) is 23.5. The van der Waals surface area contributed by atoms with Gasteiger partial charge in [0, 0.05) is 50.1 Å². The predicted molar refractivity (Wildman–Crippen MR) is 110 cm³/mol. The highest BCUT2D eigenvalue weighted by molar-refractivity contribution is 5.42. The maximum Gasteiger partial charge on any atom is 0.225 e. The van der Waals surface area contributed by atoms with Gasteiger partial charge in [-0.3, -0.25) is 0 Å². The van der Waals surface area contributed by atoms with E-state index in [0.717, 1.165) is 87.6 Å². The lowest BCUT2D eigenvalue weighted by Gasteiger charge is -2.33. The van der Waals surface area contributed by atoms with E-state index in [2.05, 4.69) is 39.7 Å². The molecule has 150 valence electrons. The second-order valence-corrected chi connectivity index (χ2v) is 7.74. The minimum absolute atomic E-state index is 0.380. The van der Waals surface area contributed by atoms with Crippen LogP contribution in [0.5, 0.6) is 0 Å². The lowest BCUT2D eigenvalue weighted by atomic mass is 9.94. The highest BCUT2D eigenvalue weighted by Crippen LogP contribution is 2.29. The van der Waals surface area contributed by atoms with Gasteiger partial charge < -0.3 is 14.5 Å². The summed E-state index contributed by atoms with van der Waals surface area (Å²) in [5.74, 6) is 3.11. The van der Waals surface area contributed by atoms with Crippen LogP contribution in [0, 0.1) is 13.8 Å². The van der Waals surface area contributed by atoms with Gasteiger partial charge in [0.15, 0.2) is 0 Å². The van der Waals surface area contributed by atoms with E-state index in [1.54, 1.807) is 0 Å². The molecule has 2 saturated heterocycles. The Balaban J connectivity index is 1.55. The first-order chi connectivity index (χ1) is 13.6. The Bertz CT molecular complexity index is 821. The quantitative estimate of drug-likeness (QED) is 0.805. The minimum atomic E-state index is 0.380. The number of hydrogen-bond acceptors (Lipinski definition) is 7. The molecule has 2 aliphatic rings. The highest BCUT2D eigenvalue weighted by atomic mass is 16.5. The van der Waals surface area contributed by atoms with E-state index >= 15 is 0 Å². The van der Waals surface area contributed by atoms with Crippen molar-refractivity contribution in [2.24, 2.45) is 0 Å². The zero-order valence-corrected chi connectivity index (χ0v) is 17.2. The van der Waals surface area contributed by atoms with Crippen LogP contribution in [0.3, 0.4) is 0 Å². The Hall–Kier alpha value is -2.28. The van der Waals surface area contributed by atoms with E-state index in [-0.39, 0.29) is 0 Å². The Labute approximate surface area is 167 Å². The third-order valence-electron chi connectivity index (χ3n) is 5.70. The Morgan fingerprint density at radius 3 is 2.68 bits per heavy atom. The summed E-state index contributed by atoms with van der Waals surface area (Å²) in [6, 6.07) is 2.18. The summed E-state index contributed by atoms with van der Waals surface area (Å²) in [7, 11) is 0. The minimum Gasteiger partial charge on any atom is -0.378 e. The molecule has 4 rings (SSSR count). The maximum absolute atomic E-state index is 5.48. The summed E-state index contributed by atoms with van der Waals surface area (Å²) in [6.45, 7) is 11.4. The number of morpholine rings is 1. The zero-order chi connectivity index (χ0) is 19.5. The zero-order valence-electron chi connectivity index (χ0n) is 17.2. The molecular formula is C21H30N6O. The van der Waals surface area contributed by atoms with E-state index in [1.807, 2.05) is 13.1 Å². The summed E-state index contributed by atoms with van der Waals surface area (Å²) >= 11 is 0. The van der Waals surface area contributed by atoms with Crippen LogP contribution in [0.25, 0.3) is 0 Å². The van der Waals surface area contributed by atoms with E-state index in [0.29, 0.717) is 5.92 Å². The third-order valence-corrected chi connectivity index (χ3v) is 5.70. The van der Waals surface area contributed by atoms with E-state index in [1.165, 1.54) is 5.56 Å². The van der Waals surface area contributed by atoms with Gasteiger partial charge in [0.25, 0.3) is 0 Å². The topological polar surface area (TPSA) is 67.3 Å². The first-order valence-electron chi connectivity index (χ1n) is 10.4. The number of piperidine rings is 1. The molecule has 0 saturated carbocycles. The average Bonchev–Trinajstić information content (AvgIpc) is 2.74. The fourth-order valence-corrected chi connectivity index (χ4v) is 4.12. The number of hydrogen-bond donors (Lipinski definition) is 0. The average molecular weight is 383 g/mol. The van der Waals surface area contributed by atoms with Crippen molar-refractivity contribution in [2.75, 3.05) is 49.2 Å². The van der Waals surface area contributed by atoms with Crippen molar-refractivity contribution >= 4 is 11.8 Å². The molecular weight excluding hydrogens is 352 g/mol. The molecule has 2 aliphatic heterocycles. The standard InChI is InChI=1S/C21H30N6O/c1-4-18-15(2)13-22-21(25-18)27-7-5-6-17(14-27)19-12-20(24-16(3)23-19)26-8-10-28-11-9-26/h12-13,17H,4-11,14H2,1-3H3. The molecule has 4 heterocycles. The van der Waals surface area contributed by atoms with Gasteiger partial charge in [-0.1, -0.05) is 6.92 Å². The maximum atomic E-state index is 5.48. The molecule has 2 aromatic rings. The summed E-state index contributed by atoms with van der Waals surface area (Å²) in [6.07, 6.45) is 5.16. The van der Waals surface area contributed by atoms with Crippen LogP contribution < -0.4 is 9.80 Å². The number of rotatable bonds is 4. The van der Waals surface area contributed by atoms with Gasteiger partial charge in [0.1, 0.15) is 11.6 Å². The van der Waals surface area contributed by atoms with Gasteiger partial charge in [0.05, 0.1) is 18.9 Å². The van der Waals surface area contributed by atoms with E-state index in [9.17, 15) is 0 Å². The van der Waals surface area contributed by atoms with Crippen molar-refractivity contribution in [3.63, 3.8) is 0 Å². The molecule has 28 heavy (non-hydrogen) atoms. The van der Waals surface area contributed by atoms with E-state index in [4.69, 9.17) is 14.7 Å². The predicted octanol–water partition coefficient (Wildman–Crippen LogP) is 2.67. The molecule has 2 aromatic heterocycles. The molecule has 0 bridgehead atoms. The number of ether oxygens (including phenoxy) is 1. The van der Waals surface area contributed by atoms with Gasteiger partial charge >= 0.3 is 0 Å². The van der Waals surface area contributed by atoms with E-state index < -0.39 is 0 Å². The molecule has 1 atom stereocenters. The van der Waals surface area contributed by atoms with Gasteiger partial charge in [0.2, 0.25) is 5.95 Å². The van der Waals surface area contributed by atoms with Gasteiger partial charge in [-0.05, 0) is 38.7 Å². The monoisotopic (exact) mass is 382 g/mol. The molecule has 7 heteroatoms. The second kappa shape index (κ2) is 8.39. The normalized spacial score (nSPS) is 20.5. The number of aryl methyl sites for hydroxylation is 3. The van der Waals surface area contributed by atoms with Crippen molar-refractivity contribution in [3.05, 3.63) is 35.0 Å². The van der Waals surface area contributed by atoms with Crippen LogP contribution >= 0.6 is 0 Å². The van der Waals surface area contributed by atoms with Crippen molar-refractivity contribution in [3.8, 4) is 0 Å². The lowest BCUT2D eigenvalue weighted by molar-refractivity contribution is 0.122. The third kappa shape index (κ3) is 4.09. The van der Waals surface area contributed by atoms with Crippen LogP contribution in [0.15, 0.2) is 12.3 Å². The molecule has 0 N–H and O–H groups in total. The SMILES string of the molecule is CCc1nc(N2CCCC(c3cc(N4CCOCC4)nc(C)n3)C2)ncc1C. The summed E-state index contributed by atoms with van der Waals surface area (Å²) in [5.41, 5.74) is 3.45. The van der Waals surface area contributed by atoms with Crippen molar-refractivity contribution < 1.29 is 4.74 Å². The Morgan fingerprint density at radius 2 is 1.89 bits per heavy atom. The highest BCUT2D eigenvalue weighted by Gasteiger charge is 2.26. The smallest absolute Gasteiger partial charge is 0.225 e. The van der Waals surface area contributed by atoms with Crippen LogP contribution in [0.4, 0.5) is 11.8 Å². The largest absolute Gasteiger partial charge is 0.378 e. The van der Waals surface area contributed by atoms with Crippen LogP contribution in [0.2, 0.25) is 0 Å². The molecule has 0 aliphatic carbocycles. The number of nitrogens with zero attached hydrogens (tertiary/aromatic N) is 6. The Morgan fingerprint density at radius 1 is 1.07 bits per heavy atom. The molecule has 1 unspecified atom stereocenters. The molecule has 0 amide bonds. The second-order valence-electron chi connectivity index (χ2n) is 7.74. The van der Waals surface area contributed by atoms with Crippen LogP contribution in [0.1, 0.15) is 48.5 Å². The lowest BCUT2D eigenvalue weighted by Crippen LogP contribution is -2.38. The molecule has 2 fully saturated rings. The first kappa shape index (κ1) is 19.1. The molecule has 0 radical (unpaired) electrons. The number of aromatic nitrogens is 4. The fourth-order valence-electron chi connectivity index (χ4n) is 4.12. The van der Waals surface area contributed by atoms with Crippen molar-refractivity contribution in [2.45, 2.75) is 46.0 Å². The Kier molecular flexibility index (Phi) is 5.71. The summed E-state index contributed by atoms with van der Waals surface area (Å²) < 4.78 is 5.48. The first-order valence-corrected chi connectivity index (χ1v) is 10.4. The van der Waals surface area contributed by atoms with Gasteiger partial charge in [-0.2, -0.15) is 0 Å².